The molecular weight excluding hydrogens is 435 g/mol. The van der Waals surface area contributed by atoms with Gasteiger partial charge in [0.15, 0.2) is 5.82 Å². The summed E-state index contributed by atoms with van der Waals surface area (Å²) < 4.78 is 46.4. The number of hydrogen-bond acceptors (Lipinski definition) is 6. The van der Waals surface area contributed by atoms with E-state index in [1.165, 1.54) is 23.2 Å². The number of benzene rings is 2. The predicted molar refractivity (Wildman–Crippen MR) is 116 cm³/mol. The van der Waals surface area contributed by atoms with E-state index in [1.807, 2.05) is 24.3 Å². The van der Waals surface area contributed by atoms with Crippen LogP contribution in [0.3, 0.4) is 0 Å². The third-order valence-corrected chi connectivity index (χ3v) is 5.56. The summed E-state index contributed by atoms with van der Waals surface area (Å²) in [6, 6.07) is 12.6. The minimum atomic E-state index is -2.94. The van der Waals surface area contributed by atoms with E-state index in [9.17, 15) is 18.0 Å². The van der Waals surface area contributed by atoms with Crippen molar-refractivity contribution < 1.29 is 22.7 Å². The van der Waals surface area contributed by atoms with Crippen molar-refractivity contribution in [1.82, 2.24) is 9.97 Å². The number of nitrogens with one attached hydrogen (secondary N) is 2. The monoisotopic (exact) mass is 455 g/mol. The number of carbonyl (C=O) groups is 1. The second-order valence-corrected chi connectivity index (χ2v) is 8.04. The van der Waals surface area contributed by atoms with Gasteiger partial charge in [0.1, 0.15) is 29.9 Å². The molecular formula is C23H20F3N5O2. The zero-order chi connectivity index (χ0) is 23.0. The van der Waals surface area contributed by atoms with Crippen LogP contribution >= 0.6 is 0 Å². The lowest BCUT2D eigenvalue weighted by Gasteiger charge is -2.30. The van der Waals surface area contributed by atoms with Crippen LogP contribution in [0.1, 0.15) is 17.5 Å². The number of ether oxygens (including phenoxy) is 1. The molecule has 1 fully saturated rings. The topological polar surface area (TPSA) is 79.4 Å². The first kappa shape index (κ1) is 21.0. The molecule has 0 unspecified atom stereocenters. The van der Waals surface area contributed by atoms with E-state index >= 15 is 0 Å². The SMILES string of the molecule is O=C1Nc2cnc(NCc3ccc(OCc4ccc(F)cc4)cc3)nc2N2CC(F)(F)C[C@H]12. The second kappa shape index (κ2) is 8.27. The highest BCUT2D eigenvalue weighted by molar-refractivity contribution is 6.03. The third kappa shape index (κ3) is 4.55. The van der Waals surface area contributed by atoms with Crippen LogP contribution in [0.4, 0.5) is 30.6 Å². The Labute approximate surface area is 187 Å². The van der Waals surface area contributed by atoms with Gasteiger partial charge in [-0.15, -0.1) is 0 Å². The van der Waals surface area contributed by atoms with Gasteiger partial charge in [-0.3, -0.25) is 4.79 Å². The minimum Gasteiger partial charge on any atom is -0.489 e. The van der Waals surface area contributed by atoms with Crippen molar-refractivity contribution in [3.05, 3.63) is 71.7 Å². The Kier molecular flexibility index (Phi) is 5.27. The zero-order valence-electron chi connectivity index (χ0n) is 17.4. The van der Waals surface area contributed by atoms with E-state index < -0.39 is 30.8 Å². The van der Waals surface area contributed by atoms with Gasteiger partial charge in [-0.1, -0.05) is 24.3 Å². The van der Waals surface area contributed by atoms with Crippen LogP contribution in [0.15, 0.2) is 54.7 Å². The van der Waals surface area contributed by atoms with Crippen LogP contribution in [0.5, 0.6) is 5.75 Å². The Hall–Kier alpha value is -3.82. The maximum absolute atomic E-state index is 13.9. The molecule has 0 spiro atoms. The van der Waals surface area contributed by atoms with Crippen molar-refractivity contribution in [2.45, 2.75) is 31.5 Å². The average Bonchev–Trinajstić information content (AvgIpc) is 3.14. The molecule has 7 nitrogen and oxygen atoms in total. The number of alkyl halides is 2. The van der Waals surface area contributed by atoms with Crippen LogP contribution < -0.4 is 20.3 Å². The molecule has 0 saturated carbocycles. The molecule has 3 aromatic rings. The van der Waals surface area contributed by atoms with E-state index in [2.05, 4.69) is 20.6 Å². The molecule has 1 amide bonds. The van der Waals surface area contributed by atoms with E-state index in [-0.39, 0.29) is 11.8 Å². The quantitative estimate of drug-likeness (QED) is 0.586. The van der Waals surface area contributed by atoms with Gasteiger partial charge in [-0.2, -0.15) is 4.98 Å². The summed E-state index contributed by atoms with van der Waals surface area (Å²) in [4.78, 5) is 22.0. The molecule has 170 valence electrons. The number of aromatic nitrogens is 2. The standard InChI is InChI=1S/C23H20F3N5O2/c24-16-5-1-15(2-6-16)12-33-17-7-3-14(4-8-17)10-27-22-28-11-18-20(30-22)31-13-23(25,26)9-19(31)21(32)29-18/h1-8,11,19H,9-10,12-13H2,(H,29,32)(H,27,28,30)/t19-/m1/s1. The summed E-state index contributed by atoms with van der Waals surface area (Å²) >= 11 is 0. The molecule has 33 heavy (non-hydrogen) atoms. The van der Waals surface area contributed by atoms with Crippen molar-refractivity contribution in [3.8, 4) is 5.75 Å². The van der Waals surface area contributed by atoms with Gasteiger partial charge in [-0.05, 0) is 35.4 Å². The summed E-state index contributed by atoms with van der Waals surface area (Å²) in [6.07, 6.45) is 0.891. The fourth-order valence-corrected chi connectivity index (χ4v) is 3.89. The van der Waals surface area contributed by atoms with Gasteiger partial charge in [0.25, 0.3) is 5.92 Å². The molecule has 1 atom stereocenters. The van der Waals surface area contributed by atoms with Crippen LogP contribution in [-0.4, -0.2) is 34.4 Å². The highest BCUT2D eigenvalue weighted by Crippen LogP contribution is 2.41. The predicted octanol–water partition coefficient (Wildman–Crippen LogP) is 3.97. The summed E-state index contributed by atoms with van der Waals surface area (Å²) in [5, 5.41) is 5.68. The van der Waals surface area contributed by atoms with Crippen LogP contribution in [0, 0.1) is 5.82 Å². The molecule has 2 aromatic carbocycles. The van der Waals surface area contributed by atoms with Crippen molar-refractivity contribution in [3.63, 3.8) is 0 Å². The van der Waals surface area contributed by atoms with Crippen molar-refractivity contribution in [2.24, 2.45) is 0 Å². The third-order valence-electron chi connectivity index (χ3n) is 5.56. The Morgan fingerprint density at radius 2 is 1.85 bits per heavy atom. The Balaban J connectivity index is 1.21. The molecule has 10 heteroatoms. The molecule has 1 saturated heterocycles. The number of halogens is 3. The molecule has 1 aromatic heterocycles. The van der Waals surface area contributed by atoms with E-state index in [0.29, 0.717) is 30.4 Å². The van der Waals surface area contributed by atoms with E-state index in [1.54, 1.807) is 12.1 Å². The second-order valence-electron chi connectivity index (χ2n) is 8.04. The minimum absolute atomic E-state index is 0.274. The number of anilines is 3. The summed E-state index contributed by atoms with van der Waals surface area (Å²) in [7, 11) is 0. The molecule has 2 N–H and O–H groups in total. The van der Waals surface area contributed by atoms with Crippen LogP contribution in [0.2, 0.25) is 0 Å². The Bertz CT molecular complexity index is 1170. The summed E-state index contributed by atoms with van der Waals surface area (Å²) in [6.45, 7) is 0.185. The van der Waals surface area contributed by atoms with Gasteiger partial charge in [0.2, 0.25) is 11.9 Å². The fourth-order valence-electron chi connectivity index (χ4n) is 3.89. The first-order chi connectivity index (χ1) is 15.9. The molecule has 0 aliphatic carbocycles. The molecule has 5 rings (SSSR count). The smallest absolute Gasteiger partial charge is 0.267 e. The van der Waals surface area contributed by atoms with Gasteiger partial charge >= 0.3 is 0 Å². The zero-order valence-corrected chi connectivity index (χ0v) is 17.4. The fraction of sp³-hybridized carbons (Fsp3) is 0.261. The number of fused-ring (bicyclic) bond motifs is 3. The highest BCUT2D eigenvalue weighted by Gasteiger charge is 2.51. The maximum atomic E-state index is 13.9. The molecule has 0 bridgehead atoms. The van der Waals surface area contributed by atoms with Gasteiger partial charge < -0.3 is 20.3 Å². The molecule has 2 aliphatic rings. The normalized spacial score (nSPS) is 18.3. The van der Waals surface area contributed by atoms with Crippen molar-refractivity contribution in [1.29, 1.82) is 0 Å². The molecule has 3 heterocycles. The highest BCUT2D eigenvalue weighted by atomic mass is 19.3. The molecule has 2 aliphatic heterocycles. The number of rotatable bonds is 6. The number of carbonyl (C=O) groups excluding carboxylic acids is 1. The number of hydrogen-bond donors (Lipinski definition) is 2. The average molecular weight is 455 g/mol. The van der Waals surface area contributed by atoms with Gasteiger partial charge in [0.05, 0.1) is 12.7 Å². The lowest BCUT2D eigenvalue weighted by atomic mass is 10.1. The summed E-state index contributed by atoms with van der Waals surface area (Å²) in [5.74, 6) is -2.46. The first-order valence-corrected chi connectivity index (χ1v) is 10.4. The number of amides is 1. The largest absolute Gasteiger partial charge is 0.489 e. The Morgan fingerprint density at radius 3 is 2.61 bits per heavy atom. The van der Waals surface area contributed by atoms with Crippen LogP contribution in [-0.2, 0) is 17.9 Å². The van der Waals surface area contributed by atoms with Gasteiger partial charge in [-0.25, -0.2) is 18.2 Å². The lowest BCUT2D eigenvalue weighted by molar-refractivity contribution is -0.118. The Morgan fingerprint density at radius 1 is 1.12 bits per heavy atom. The van der Waals surface area contributed by atoms with E-state index in [4.69, 9.17) is 4.74 Å². The van der Waals surface area contributed by atoms with Crippen LogP contribution in [0.25, 0.3) is 0 Å². The summed E-state index contributed by atoms with van der Waals surface area (Å²) in [5.41, 5.74) is 2.12. The lowest BCUT2D eigenvalue weighted by Crippen LogP contribution is -2.44. The van der Waals surface area contributed by atoms with Crippen molar-refractivity contribution in [2.75, 3.05) is 22.1 Å². The maximum Gasteiger partial charge on any atom is 0.267 e. The van der Waals surface area contributed by atoms with E-state index in [0.717, 1.165) is 11.1 Å². The van der Waals surface area contributed by atoms with Gasteiger partial charge in [0, 0.05) is 13.0 Å². The number of nitrogens with zero attached hydrogens (tertiary/aromatic N) is 3. The molecule has 0 radical (unpaired) electrons. The first-order valence-electron chi connectivity index (χ1n) is 10.4. The van der Waals surface area contributed by atoms with Crippen molar-refractivity contribution >= 4 is 23.4 Å².